The summed E-state index contributed by atoms with van der Waals surface area (Å²) in [6, 6.07) is 2.76. The van der Waals surface area contributed by atoms with Crippen LogP contribution >= 0.6 is 0 Å². The number of alkyl halides is 3. The number of nitro groups is 1. The molecule has 9 heteroatoms. The predicted molar refractivity (Wildman–Crippen MR) is 63.8 cm³/mol. The number of carboxylic acids is 1. The maximum Gasteiger partial charge on any atom is 0.431 e. The smallest absolute Gasteiger partial charge is 0.431 e. The summed E-state index contributed by atoms with van der Waals surface area (Å²) in [5.74, 6) is -2.00. The summed E-state index contributed by atoms with van der Waals surface area (Å²) in [6.45, 7) is 0.681. The Bertz CT molecular complexity index is 667. The van der Waals surface area contributed by atoms with E-state index in [-0.39, 0.29) is 11.3 Å². The standard InChI is InChI=1S/C12H8F3NO5/c1-11(12(13,14)15)5-8(10(17)18)7-4-6(16(19)20)2-3-9(7)21-11/h2-5H,1H3,(H,17,18). The van der Waals surface area contributed by atoms with Crippen molar-refractivity contribution in [2.24, 2.45) is 0 Å². The van der Waals surface area contributed by atoms with Crippen LogP contribution in [0, 0.1) is 10.1 Å². The monoisotopic (exact) mass is 303 g/mol. The molecule has 0 spiro atoms. The highest BCUT2D eigenvalue weighted by molar-refractivity contribution is 6.17. The van der Waals surface area contributed by atoms with E-state index in [0.717, 1.165) is 18.2 Å². The van der Waals surface area contributed by atoms with Crippen LogP contribution in [0.4, 0.5) is 18.9 Å². The number of ether oxygens (including phenoxy) is 1. The molecular formula is C12H8F3NO5. The van der Waals surface area contributed by atoms with E-state index in [2.05, 4.69) is 0 Å². The summed E-state index contributed by atoms with van der Waals surface area (Å²) in [5, 5.41) is 19.7. The molecule has 21 heavy (non-hydrogen) atoms. The molecule has 1 unspecified atom stereocenters. The van der Waals surface area contributed by atoms with Gasteiger partial charge in [-0.3, -0.25) is 10.1 Å². The maximum absolute atomic E-state index is 13.0. The van der Waals surface area contributed by atoms with Gasteiger partial charge in [-0.25, -0.2) is 4.79 Å². The van der Waals surface area contributed by atoms with Crippen molar-refractivity contribution in [1.29, 1.82) is 0 Å². The molecule has 2 rings (SSSR count). The Balaban J connectivity index is 2.66. The van der Waals surface area contributed by atoms with Crippen molar-refractivity contribution < 1.29 is 32.7 Å². The topological polar surface area (TPSA) is 89.7 Å². The Labute approximate surface area is 115 Å². The first-order chi connectivity index (χ1) is 9.55. The molecule has 1 N–H and O–H groups in total. The number of benzene rings is 1. The van der Waals surface area contributed by atoms with Gasteiger partial charge in [0.15, 0.2) is 0 Å². The fourth-order valence-electron chi connectivity index (χ4n) is 1.86. The van der Waals surface area contributed by atoms with Crippen LogP contribution < -0.4 is 4.74 Å². The molecule has 0 saturated carbocycles. The molecule has 0 fully saturated rings. The Morgan fingerprint density at radius 1 is 1.43 bits per heavy atom. The van der Waals surface area contributed by atoms with E-state index in [4.69, 9.17) is 9.84 Å². The van der Waals surface area contributed by atoms with Crippen LogP contribution in [0.3, 0.4) is 0 Å². The molecule has 1 heterocycles. The first kappa shape index (κ1) is 14.8. The predicted octanol–water partition coefficient (Wildman–Crippen LogP) is 2.78. The molecule has 0 aliphatic carbocycles. The molecular weight excluding hydrogens is 295 g/mol. The van der Waals surface area contributed by atoms with Crippen molar-refractivity contribution in [2.45, 2.75) is 18.7 Å². The molecule has 0 radical (unpaired) electrons. The molecule has 0 amide bonds. The fraction of sp³-hybridized carbons (Fsp3) is 0.250. The third-order valence-corrected chi connectivity index (χ3v) is 3.00. The minimum atomic E-state index is -4.84. The lowest BCUT2D eigenvalue weighted by molar-refractivity contribution is -0.384. The molecule has 6 nitrogen and oxygen atoms in total. The van der Waals surface area contributed by atoms with Gasteiger partial charge in [-0.05, 0) is 19.1 Å². The minimum absolute atomic E-state index is 0.265. The van der Waals surface area contributed by atoms with Crippen molar-refractivity contribution in [3.05, 3.63) is 40.0 Å². The number of halogens is 3. The fourth-order valence-corrected chi connectivity index (χ4v) is 1.86. The molecule has 0 saturated heterocycles. The van der Waals surface area contributed by atoms with Crippen LogP contribution in [0.1, 0.15) is 12.5 Å². The minimum Gasteiger partial charge on any atom is -0.478 e. The molecule has 112 valence electrons. The van der Waals surface area contributed by atoms with Gasteiger partial charge < -0.3 is 9.84 Å². The summed E-state index contributed by atoms with van der Waals surface area (Å²) in [4.78, 5) is 21.0. The van der Waals surface area contributed by atoms with Crippen molar-refractivity contribution in [3.63, 3.8) is 0 Å². The third-order valence-electron chi connectivity index (χ3n) is 3.00. The highest BCUT2D eigenvalue weighted by atomic mass is 19.4. The lowest BCUT2D eigenvalue weighted by Crippen LogP contribution is -2.47. The molecule has 1 aliphatic heterocycles. The van der Waals surface area contributed by atoms with E-state index in [1.165, 1.54) is 0 Å². The summed E-state index contributed by atoms with van der Waals surface area (Å²) < 4.78 is 43.8. The van der Waals surface area contributed by atoms with Gasteiger partial charge in [-0.2, -0.15) is 13.2 Å². The number of nitrogens with zero attached hydrogens (tertiary/aromatic N) is 1. The van der Waals surface area contributed by atoms with Crippen LogP contribution in [0.5, 0.6) is 5.75 Å². The van der Waals surface area contributed by atoms with Gasteiger partial charge in [0.2, 0.25) is 5.60 Å². The van der Waals surface area contributed by atoms with Crippen LogP contribution in [0.15, 0.2) is 24.3 Å². The van der Waals surface area contributed by atoms with E-state index < -0.39 is 33.9 Å². The second-order valence-electron chi connectivity index (χ2n) is 4.51. The van der Waals surface area contributed by atoms with E-state index in [1.54, 1.807) is 0 Å². The van der Waals surface area contributed by atoms with Crippen LogP contribution in [0.2, 0.25) is 0 Å². The van der Waals surface area contributed by atoms with Crippen molar-refractivity contribution in [1.82, 2.24) is 0 Å². The molecule has 1 atom stereocenters. The van der Waals surface area contributed by atoms with Gasteiger partial charge in [0, 0.05) is 17.7 Å². The molecule has 0 bridgehead atoms. The number of hydrogen-bond acceptors (Lipinski definition) is 4. The lowest BCUT2D eigenvalue weighted by Gasteiger charge is -2.34. The molecule has 0 aromatic heterocycles. The number of fused-ring (bicyclic) bond motifs is 1. The Morgan fingerprint density at radius 3 is 2.52 bits per heavy atom. The second-order valence-corrected chi connectivity index (χ2v) is 4.51. The summed E-state index contributed by atoms with van der Waals surface area (Å²) in [6.07, 6.45) is -4.44. The molecule has 1 aliphatic rings. The highest BCUT2D eigenvalue weighted by Crippen LogP contribution is 2.44. The van der Waals surface area contributed by atoms with E-state index >= 15 is 0 Å². The average molecular weight is 303 g/mol. The van der Waals surface area contributed by atoms with Gasteiger partial charge in [-0.15, -0.1) is 0 Å². The zero-order chi connectivity index (χ0) is 16.0. The number of non-ortho nitro benzene ring substituents is 1. The summed E-state index contributed by atoms with van der Waals surface area (Å²) >= 11 is 0. The lowest BCUT2D eigenvalue weighted by atomic mass is 9.93. The third kappa shape index (κ3) is 2.41. The highest BCUT2D eigenvalue weighted by Gasteiger charge is 2.54. The van der Waals surface area contributed by atoms with E-state index in [9.17, 15) is 28.1 Å². The van der Waals surface area contributed by atoms with Crippen LogP contribution in [-0.4, -0.2) is 27.8 Å². The first-order valence-electron chi connectivity index (χ1n) is 5.56. The summed E-state index contributed by atoms with van der Waals surface area (Å²) in [7, 11) is 0. The van der Waals surface area contributed by atoms with Gasteiger partial charge in [0.05, 0.1) is 10.5 Å². The largest absolute Gasteiger partial charge is 0.478 e. The normalized spacial score (nSPS) is 21.0. The van der Waals surface area contributed by atoms with E-state index in [0.29, 0.717) is 13.0 Å². The summed E-state index contributed by atoms with van der Waals surface area (Å²) in [5.41, 5.74) is -4.22. The van der Waals surface area contributed by atoms with Gasteiger partial charge >= 0.3 is 12.1 Å². The zero-order valence-electron chi connectivity index (χ0n) is 10.5. The molecule has 1 aromatic rings. The van der Waals surface area contributed by atoms with Crippen molar-refractivity contribution in [3.8, 4) is 5.75 Å². The van der Waals surface area contributed by atoms with E-state index in [1.807, 2.05) is 0 Å². The number of carbonyl (C=O) groups is 1. The van der Waals surface area contributed by atoms with Crippen LogP contribution in [-0.2, 0) is 4.79 Å². The van der Waals surface area contributed by atoms with Crippen LogP contribution in [0.25, 0.3) is 5.57 Å². The Hall–Kier alpha value is -2.58. The first-order valence-corrected chi connectivity index (χ1v) is 5.56. The molecule has 1 aromatic carbocycles. The average Bonchev–Trinajstić information content (AvgIpc) is 2.35. The van der Waals surface area contributed by atoms with Crippen molar-refractivity contribution in [2.75, 3.05) is 0 Å². The quantitative estimate of drug-likeness (QED) is 0.670. The number of hydrogen-bond donors (Lipinski definition) is 1. The van der Waals surface area contributed by atoms with Crippen molar-refractivity contribution >= 4 is 17.2 Å². The SMILES string of the molecule is CC1(C(F)(F)F)C=C(C(=O)O)c2cc([N+](=O)[O-])ccc2O1. The number of carboxylic acid groups (broad SMARTS) is 1. The second kappa shape index (κ2) is 4.47. The number of nitro benzene ring substituents is 1. The van der Waals surface area contributed by atoms with Gasteiger partial charge in [0.1, 0.15) is 5.75 Å². The van der Waals surface area contributed by atoms with Gasteiger partial charge in [-0.1, -0.05) is 0 Å². The zero-order valence-corrected chi connectivity index (χ0v) is 10.5. The Morgan fingerprint density at radius 2 is 2.05 bits per heavy atom. The van der Waals surface area contributed by atoms with Gasteiger partial charge in [0.25, 0.3) is 5.69 Å². The Kier molecular flexibility index (Phi) is 3.15. The number of rotatable bonds is 2. The number of aliphatic carboxylic acids is 1. The maximum atomic E-state index is 13.0.